The molecule has 1 saturated carbocycles. The SMILES string of the molecule is CC(C)(C)C1CCN([C@@H]2[C@@H](O)[C@H](Oc3cccc(F)c3)C[C@H]2NC(=O)CCn2cncn2)CC1. The molecule has 2 aliphatic rings. The van der Waals surface area contributed by atoms with Crippen molar-refractivity contribution in [2.75, 3.05) is 13.1 Å². The number of ether oxygens (including phenoxy) is 1. The van der Waals surface area contributed by atoms with E-state index < -0.39 is 12.2 Å². The highest BCUT2D eigenvalue weighted by molar-refractivity contribution is 5.76. The summed E-state index contributed by atoms with van der Waals surface area (Å²) in [5.41, 5.74) is 0.248. The number of aliphatic hydroxyl groups is 1. The van der Waals surface area contributed by atoms with E-state index in [1.807, 2.05) is 0 Å². The van der Waals surface area contributed by atoms with Gasteiger partial charge in [-0.15, -0.1) is 0 Å². The number of nitrogens with one attached hydrogen (secondary N) is 1. The first kappa shape index (κ1) is 24.6. The van der Waals surface area contributed by atoms with E-state index in [9.17, 15) is 14.3 Å². The Morgan fingerprint density at radius 3 is 2.71 bits per heavy atom. The molecule has 1 amide bonds. The lowest BCUT2D eigenvalue weighted by Gasteiger charge is -2.43. The number of piperidine rings is 1. The van der Waals surface area contributed by atoms with E-state index in [0.717, 1.165) is 25.9 Å². The van der Waals surface area contributed by atoms with Gasteiger partial charge in [-0.05, 0) is 49.4 Å². The molecule has 0 bridgehead atoms. The molecule has 1 aliphatic carbocycles. The number of hydrogen-bond acceptors (Lipinski definition) is 6. The van der Waals surface area contributed by atoms with Gasteiger partial charge in [0, 0.05) is 18.9 Å². The van der Waals surface area contributed by atoms with Gasteiger partial charge in [-0.25, -0.2) is 9.37 Å². The molecule has 0 unspecified atom stereocenters. The van der Waals surface area contributed by atoms with Gasteiger partial charge in [0.25, 0.3) is 0 Å². The standard InChI is InChI=1S/C25H36FN5O3/c1-25(2,3)17-7-10-30(11-8-17)23-20(29-22(32)9-12-31-16-27-15-28-31)14-21(24(23)33)34-19-6-4-5-18(26)13-19/h4-6,13,15-17,20-21,23-24,33H,7-12,14H2,1-3H3,(H,29,32)/t20-,21-,23+,24+/m1/s1. The van der Waals surface area contributed by atoms with Gasteiger partial charge in [-0.1, -0.05) is 26.8 Å². The normalized spacial score (nSPS) is 26.5. The lowest BCUT2D eigenvalue weighted by Crippen LogP contribution is -2.56. The molecule has 2 fully saturated rings. The third kappa shape index (κ3) is 5.93. The van der Waals surface area contributed by atoms with Crippen molar-refractivity contribution in [2.24, 2.45) is 11.3 Å². The minimum absolute atomic E-state index is 0.103. The number of aliphatic hydroxyl groups excluding tert-OH is 1. The smallest absolute Gasteiger partial charge is 0.222 e. The number of amides is 1. The van der Waals surface area contributed by atoms with Gasteiger partial charge in [0.15, 0.2) is 0 Å². The monoisotopic (exact) mass is 473 g/mol. The van der Waals surface area contributed by atoms with Crippen LogP contribution in [0.4, 0.5) is 4.39 Å². The molecular formula is C25H36FN5O3. The second kappa shape index (κ2) is 10.4. The first-order valence-electron chi connectivity index (χ1n) is 12.2. The first-order valence-corrected chi connectivity index (χ1v) is 12.2. The average Bonchev–Trinajstić information content (AvgIpc) is 3.40. The van der Waals surface area contributed by atoms with Crippen molar-refractivity contribution in [3.8, 4) is 5.75 Å². The molecule has 186 valence electrons. The fourth-order valence-electron chi connectivity index (χ4n) is 5.34. The molecule has 1 aromatic heterocycles. The summed E-state index contributed by atoms with van der Waals surface area (Å²) < 4.78 is 21.3. The summed E-state index contributed by atoms with van der Waals surface area (Å²) in [5.74, 6) is 0.516. The molecule has 0 radical (unpaired) electrons. The van der Waals surface area contributed by atoms with Crippen LogP contribution in [-0.4, -0.2) is 68.1 Å². The zero-order valence-electron chi connectivity index (χ0n) is 20.2. The zero-order chi connectivity index (χ0) is 24.3. The van der Waals surface area contributed by atoms with E-state index in [0.29, 0.717) is 24.6 Å². The highest BCUT2D eigenvalue weighted by Gasteiger charge is 2.48. The molecule has 2 heterocycles. The van der Waals surface area contributed by atoms with E-state index in [1.54, 1.807) is 23.1 Å². The maximum absolute atomic E-state index is 13.7. The highest BCUT2D eigenvalue weighted by atomic mass is 19.1. The number of carbonyl (C=O) groups is 1. The number of halogens is 1. The van der Waals surface area contributed by atoms with Gasteiger partial charge < -0.3 is 15.2 Å². The Bertz CT molecular complexity index is 940. The van der Waals surface area contributed by atoms with E-state index >= 15 is 0 Å². The predicted octanol–water partition coefficient (Wildman–Crippen LogP) is 2.63. The fourth-order valence-corrected chi connectivity index (χ4v) is 5.34. The van der Waals surface area contributed by atoms with Gasteiger partial charge in [0.2, 0.25) is 5.91 Å². The maximum Gasteiger partial charge on any atom is 0.222 e. The third-order valence-electron chi connectivity index (χ3n) is 7.27. The van der Waals surface area contributed by atoms with E-state index in [4.69, 9.17) is 4.74 Å². The Morgan fingerprint density at radius 1 is 1.29 bits per heavy atom. The molecule has 1 saturated heterocycles. The number of aromatic nitrogens is 3. The molecule has 4 rings (SSSR count). The number of hydrogen-bond donors (Lipinski definition) is 2. The molecule has 0 spiro atoms. The summed E-state index contributed by atoms with van der Waals surface area (Å²) >= 11 is 0. The second-order valence-corrected chi connectivity index (χ2v) is 10.6. The zero-order valence-corrected chi connectivity index (χ0v) is 20.2. The molecule has 9 heteroatoms. The molecule has 8 nitrogen and oxygen atoms in total. The van der Waals surface area contributed by atoms with Crippen LogP contribution in [0.1, 0.15) is 46.5 Å². The topological polar surface area (TPSA) is 92.5 Å². The first-order chi connectivity index (χ1) is 16.2. The van der Waals surface area contributed by atoms with Crippen LogP contribution in [0.2, 0.25) is 0 Å². The lowest BCUT2D eigenvalue weighted by atomic mass is 9.75. The number of benzene rings is 1. The Labute approximate surface area is 200 Å². The average molecular weight is 474 g/mol. The summed E-state index contributed by atoms with van der Waals surface area (Å²) in [6.07, 6.45) is 4.52. The number of nitrogens with zero attached hydrogens (tertiary/aromatic N) is 4. The van der Waals surface area contributed by atoms with Crippen molar-refractivity contribution in [1.29, 1.82) is 0 Å². The van der Waals surface area contributed by atoms with Crippen LogP contribution < -0.4 is 10.1 Å². The highest BCUT2D eigenvalue weighted by Crippen LogP contribution is 2.37. The van der Waals surface area contributed by atoms with E-state index in [-0.39, 0.29) is 35.6 Å². The van der Waals surface area contributed by atoms with Gasteiger partial charge in [-0.3, -0.25) is 14.4 Å². The third-order valence-corrected chi connectivity index (χ3v) is 7.27. The van der Waals surface area contributed by atoms with Crippen LogP contribution in [0.15, 0.2) is 36.9 Å². The largest absolute Gasteiger partial charge is 0.487 e. The molecular weight excluding hydrogens is 437 g/mol. The van der Waals surface area contributed by atoms with Crippen molar-refractivity contribution in [3.63, 3.8) is 0 Å². The number of likely N-dealkylation sites (tertiary alicyclic amines) is 1. The summed E-state index contributed by atoms with van der Waals surface area (Å²) in [6, 6.07) is 5.44. The fraction of sp³-hybridized carbons (Fsp3) is 0.640. The van der Waals surface area contributed by atoms with E-state index in [1.165, 1.54) is 18.5 Å². The summed E-state index contributed by atoms with van der Waals surface area (Å²) in [7, 11) is 0. The minimum Gasteiger partial charge on any atom is -0.487 e. The molecule has 34 heavy (non-hydrogen) atoms. The van der Waals surface area contributed by atoms with Gasteiger partial charge >= 0.3 is 0 Å². The van der Waals surface area contributed by atoms with E-state index in [2.05, 4.69) is 41.1 Å². The minimum atomic E-state index is -0.796. The number of aryl methyl sites for hydroxylation is 1. The Balaban J connectivity index is 1.44. The Kier molecular flexibility index (Phi) is 7.52. The van der Waals surface area contributed by atoms with Crippen LogP contribution >= 0.6 is 0 Å². The van der Waals surface area contributed by atoms with Gasteiger partial charge in [0.1, 0.15) is 36.4 Å². The van der Waals surface area contributed by atoms with Crippen LogP contribution in [0, 0.1) is 17.2 Å². The molecule has 1 aromatic carbocycles. The van der Waals surface area contributed by atoms with Crippen LogP contribution in [0.3, 0.4) is 0 Å². The maximum atomic E-state index is 13.7. The quantitative estimate of drug-likeness (QED) is 0.642. The van der Waals surface area contributed by atoms with Crippen molar-refractivity contribution in [2.45, 2.75) is 77.3 Å². The van der Waals surface area contributed by atoms with Crippen LogP contribution in [0.5, 0.6) is 5.75 Å². The molecule has 1 aliphatic heterocycles. The summed E-state index contributed by atoms with van der Waals surface area (Å²) in [4.78, 5) is 19.0. The number of rotatable bonds is 7. The second-order valence-electron chi connectivity index (χ2n) is 10.6. The number of carbonyl (C=O) groups excluding carboxylic acids is 1. The van der Waals surface area contributed by atoms with Crippen molar-refractivity contribution < 1.29 is 19.0 Å². The summed E-state index contributed by atoms with van der Waals surface area (Å²) in [5, 5.41) is 18.5. The molecule has 4 atom stereocenters. The van der Waals surface area contributed by atoms with Crippen LogP contribution in [0.25, 0.3) is 0 Å². The Hall–Kier alpha value is -2.52. The van der Waals surface area contributed by atoms with Gasteiger partial charge in [-0.2, -0.15) is 5.10 Å². The van der Waals surface area contributed by atoms with Gasteiger partial charge in [0.05, 0.1) is 18.6 Å². The Morgan fingerprint density at radius 2 is 2.06 bits per heavy atom. The molecule has 2 aromatic rings. The van der Waals surface area contributed by atoms with Crippen LogP contribution in [-0.2, 0) is 11.3 Å². The predicted molar refractivity (Wildman–Crippen MR) is 126 cm³/mol. The van der Waals surface area contributed by atoms with Crippen molar-refractivity contribution >= 4 is 5.91 Å². The van der Waals surface area contributed by atoms with Crippen molar-refractivity contribution in [1.82, 2.24) is 25.0 Å². The molecule has 2 N–H and O–H groups in total. The summed E-state index contributed by atoms with van der Waals surface area (Å²) in [6.45, 7) is 8.99. The lowest BCUT2D eigenvalue weighted by molar-refractivity contribution is -0.122. The van der Waals surface area contributed by atoms with Crippen molar-refractivity contribution in [3.05, 3.63) is 42.7 Å².